The lowest BCUT2D eigenvalue weighted by Gasteiger charge is -2.19. The van der Waals surface area contributed by atoms with Crippen molar-refractivity contribution < 1.29 is 14.0 Å². The average molecular weight is 369 g/mol. The van der Waals surface area contributed by atoms with Gasteiger partial charge >= 0.3 is 0 Å². The number of benzene rings is 2. The first-order valence-electron chi connectivity index (χ1n) is 9.22. The highest BCUT2D eigenvalue weighted by Crippen LogP contribution is 2.25. The highest BCUT2D eigenvalue weighted by molar-refractivity contribution is 5.96. The van der Waals surface area contributed by atoms with E-state index in [4.69, 9.17) is 0 Å². The van der Waals surface area contributed by atoms with E-state index in [1.807, 2.05) is 19.1 Å². The molecule has 0 unspecified atom stereocenters. The van der Waals surface area contributed by atoms with Crippen LogP contribution in [0, 0.1) is 12.7 Å². The van der Waals surface area contributed by atoms with Gasteiger partial charge in [-0.2, -0.15) is 0 Å². The van der Waals surface area contributed by atoms with Gasteiger partial charge in [-0.15, -0.1) is 0 Å². The molecule has 0 radical (unpaired) electrons. The summed E-state index contributed by atoms with van der Waals surface area (Å²) in [5.41, 5.74) is 2.70. The molecule has 1 heterocycles. The first-order chi connectivity index (χ1) is 13.0. The van der Waals surface area contributed by atoms with E-state index < -0.39 is 0 Å². The topological polar surface area (TPSA) is 61.4 Å². The standard InChI is InChI=1S/C21H24FN3O2/c1-15-6-2-3-7-19(15)21(27)23-9-8-20(26)24-17-12-16(22)13-18(14-17)25-10-4-5-11-25/h2-3,6-7,12-14H,4-5,8-11H2,1H3,(H,23,27)(H,24,26). The summed E-state index contributed by atoms with van der Waals surface area (Å²) in [6, 6.07) is 11.9. The summed E-state index contributed by atoms with van der Waals surface area (Å²) in [6.45, 7) is 3.89. The number of nitrogens with zero attached hydrogens (tertiary/aromatic N) is 1. The molecule has 0 aromatic heterocycles. The molecular weight excluding hydrogens is 345 g/mol. The zero-order chi connectivity index (χ0) is 19.2. The summed E-state index contributed by atoms with van der Waals surface area (Å²) < 4.78 is 13.9. The van der Waals surface area contributed by atoms with Gasteiger partial charge in [-0.1, -0.05) is 18.2 Å². The number of nitrogens with one attached hydrogen (secondary N) is 2. The van der Waals surface area contributed by atoms with Crippen molar-refractivity contribution in [2.24, 2.45) is 0 Å². The largest absolute Gasteiger partial charge is 0.371 e. The Morgan fingerprint density at radius 1 is 1.11 bits per heavy atom. The predicted octanol–water partition coefficient (Wildman–Crippen LogP) is 3.49. The van der Waals surface area contributed by atoms with Gasteiger partial charge in [-0.25, -0.2) is 4.39 Å². The fourth-order valence-corrected chi connectivity index (χ4v) is 3.24. The zero-order valence-corrected chi connectivity index (χ0v) is 15.4. The molecule has 2 aromatic rings. The number of aryl methyl sites for hydroxylation is 1. The Bertz CT molecular complexity index is 832. The second-order valence-electron chi connectivity index (χ2n) is 6.76. The van der Waals surface area contributed by atoms with Gasteiger partial charge < -0.3 is 15.5 Å². The Balaban J connectivity index is 1.52. The molecule has 2 amide bonds. The van der Waals surface area contributed by atoms with E-state index in [0.717, 1.165) is 37.2 Å². The molecule has 27 heavy (non-hydrogen) atoms. The third-order valence-electron chi connectivity index (χ3n) is 4.66. The molecule has 0 bridgehead atoms. The Kier molecular flexibility index (Phi) is 6.06. The van der Waals surface area contributed by atoms with Crippen LogP contribution >= 0.6 is 0 Å². The van der Waals surface area contributed by atoms with Gasteiger partial charge in [0.2, 0.25) is 5.91 Å². The van der Waals surface area contributed by atoms with Crippen LogP contribution in [0.3, 0.4) is 0 Å². The van der Waals surface area contributed by atoms with E-state index in [0.29, 0.717) is 11.3 Å². The lowest BCUT2D eigenvalue weighted by atomic mass is 10.1. The van der Waals surface area contributed by atoms with Crippen molar-refractivity contribution in [1.29, 1.82) is 0 Å². The first-order valence-corrected chi connectivity index (χ1v) is 9.22. The number of hydrogen-bond donors (Lipinski definition) is 2. The monoisotopic (exact) mass is 369 g/mol. The molecule has 5 nitrogen and oxygen atoms in total. The second kappa shape index (κ2) is 8.66. The summed E-state index contributed by atoms with van der Waals surface area (Å²) in [7, 11) is 0. The van der Waals surface area contributed by atoms with Crippen LogP contribution < -0.4 is 15.5 Å². The van der Waals surface area contributed by atoms with Gasteiger partial charge in [-0.3, -0.25) is 9.59 Å². The van der Waals surface area contributed by atoms with E-state index in [-0.39, 0.29) is 30.6 Å². The van der Waals surface area contributed by atoms with Crippen molar-refractivity contribution in [1.82, 2.24) is 5.32 Å². The summed E-state index contributed by atoms with van der Waals surface area (Å²) in [6.07, 6.45) is 2.31. The Morgan fingerprint density at radius 3 is 2.59 bits per heavy atom. The number of anilines is 2. The number of halogens is 1. The summed E-state index contributed by atoms with van der Waals surface area (Å²) in [4.78, 5) is 26.4. The van der Waals surface area contributed by atoms with E-state index in [1.165, 1.54) is 12.1 Å². The van der Waals surface area contributed by atoms with Crippen LogP contribution in [0.5, 0.6) is 0 Å². The van der Waals surface area contributed by atoms with Crippen LogP contribution in [0.2, 0.25) is 0 Å². The van der Waals surface area contributed by atoms with Crippen molar-refractivity contribution >= 4 is 23.2 Å². The zero-order valence-electron chi connectivity index (χ0n) is 15.4. The minimum Gasteiger partial charge on any atom is -0.371 e. The van der Waals surface area contributed by atoms with Crippen molar-refractivity contribution in [3.63, 3.8) is 0 Å². The molecule has 3 rings (SSSR count). The fraction of sp³-hybridized carbons (Fsp3) is 0.333. The van der Waals surface area contributed by atoms with E-state index in [2.05, 4.69) is 15.5 Å². The van der Waals surface area contributed by atoms with Gasteiger partial charge in [0.05, 0.1) is 0 Å². The van der Waals surface area contributed by atoms with Gasteiger partial charge in [0.1, 0.15) is 5.82 Å². The minimum absolute atomic E-state index is 0.118. The van der Waals surface area contributed by atoms with Crippen LogP contribution in [-0.4, -0.2) is 31.4 Å². The van der Waals surface area contributed by atoms with E-state index in [1.54, 1.807) is 18.2 Å². The summed E-state index contributed by atoms with van der Waals surface area (Å²) >= 11 is 0. The number of carbonyl (C=O) groups is 2. The summed E-state index contributed by atoms with van der Waals surface area (Å²) in [5, 5.41) is 5.46. The average Bonchev–Trinajstić information content (AvgIpc) is 3.16. The SMILES string of the molecule is Cc1ccccc1C(=O)NCCC(=O)Nc1cc(F)cc(N2CCCC2)c1. The number of hydrogen-bond acceptors (Lipinski definition) is 3. The van der Waals surface area contributed by atoms with Crippen molar-refractivity contribution in [3.8, 4) is 0 Å². The highest BCUT2D eigenvalue weighted by atomic mass is 19.1. The molecule has 0 spiro atoms. The maximum absolute atomic E-state index is 13.9. The molecule has 1 fully saturated rings. The molecule has 0 saturated carbocycles. The molecule has 1 aliphatic heterocycles. The maximum atomic E-state index is 13.9. The van der Waals surface area contributed by atoms with Gasteiger partial charge in [0.25, 0.3) is 5.91 Å². The van der Waals surface area contributed by atoms with Crippen molar-refractivity contribution in [2.75, 3.05) is 29.9 Å². The van der Waals surface area contributed by atoms with Gasteiger partial charge in [0, 0.05) is 43.0 Å². The van der Waals surface area contributed by atoms with Crippen molar-refractivity contribution in [2.45, 2.75) is 26.2 Å². The molecule has 0 aliphatic carbocycles. The van der Waals surface area contributed by atoms with Crippen molar-refractivity contribution in [3.05, 3.63) is 59.4 Å². The molecule has 6 heteroatoms. The Morgan fingerprint density at radius 2 is 1.85 bits per heavy atom. The number of amides is 2. The highest BCUT2D eigenvalue weighted by Gasteiger charge is 2.15. The van der Waals surface area contributed by atoms with E-state index in [9.17, 15) is 14.0 Å². The normalized spacial score (nSPS) is 13.5. The maximum Gasteiger partial charge on any atom is 0.251 e. The fourth-order valence-electron chi connectivity index (χ4n) is 3.24. The molecule has 2 aromatic carbocycles. The Labute approximate surface area is 158 Å². The quantitative estimate of drug-likeness (QED) is 0.819. The van der Waals surface area contributed by atoms with Crippen LogP contribution in [0.1, 0.15) is 35.2 Å². The molecule has 142 valence electrons. The van der Waals surface area contributed by atoms with Crippen LogP contribution in [-0.2, 0) is 4.79 Å². The molecular formula is C21H24FN3O2. The minimum atomic E-state index is -0.373. The summed E-state index contributed by atoms with van der Waals surface area (Å²) in [5.74, 6) is -0.844. The molecule has 2 N–H and O–H groups in total. The number of carbonyl (C=O) groups excluding carboxylic acids is 2. The van der Waals surface area contributed by atoms with Crippen LogP contribution in [0.25, 0.3) is 0 Å². The molecule has 1 saturated heterocycles. The third kappa shape index (κ3) is 5.06. The molecule has 0 atom stereocenters. The third-order valence-corrected chi connectivity index (χ3v) is 4.66. The van der Waals surface area contributed by atoms with Crippen LogP contribution in [0.4, 0.5) is 15.8 Å². The van der Waals surface area contributed by atoms with Gasteiger partial charge in [-0.05, 0) is 49.6 Å². The van der Waals surface area contributed by atoms with E-state index >= 15 is 0 Å². The number of rotatable bonds is 6. The lowest BCUT2D eigenvalue weighted by molar-refractivity contribution is -0.116. The second-order valence-corrected chi connectivity index (χ2v) is 6.76. The van der Waals surface area contributed by atoms with Gasteiger partial charge in [0.15, 0.2) is 0 Å². The molecule has 1 aliphatic rings. The Hall–Kier alpha value is -2.89. The van der Waals surface area contributed by atoms with Crippen LogP contribution in [0.15, 0.2) is 42.5 Å². The smallest absolute Gasteiger partial charge is 0.251 e. The first kappa shape index (κ1) is 18.9. The predicted molar refractivity (Wildman–Crippen MR) is 105 cm³/mol. The lowest BCUT2D eigenvalue weighted by Crippen LogP contribution is -2.28.